The van der Waals surface area contributed by atoms with E-state index in [1.165, 1.54) is 12.5 Å². The molecule has 13 nitrogen and oxygen atoms in total. The summed E-state index contributed by atoms with van der Waals surface area (Å²) in [5.41, 5.74) is 2.52. The number of nitrogens with one attached hydrogen (secondary N) is 2. The highest BCUT2D eigenvalue weighted by molar-refractivity contribution is 7.90. The molecule has 14 heteroatoms. The fourth-order valence-corrected chi connectivity index (χ4v) is 7.09. The quantitative estimate of drug-likeness (QED) is 0.242. The van der Waals surface area contributed by atoms with Gasteiger partial charge in [0.15, 0.2) is 17.2 Å². The Hall–Kier alpha value is -5.37. The summed E-state index contributed by atoms with van der Waals surface area (Å²) in [6.07, 6.45) is 12.6. The van der Waals surface area contributed by atoms with Crippen LogP contribution in [0, 0.1) is 6.92 Å². The number of anilines is 1. The Morgan fingerprint density at radius 1 is 1.04 bits per heavy atom. The van der Waals surface area contributed by atoms with Crippen molar-refractivity contribution < 1.29 is 17.6 Å². The Morgan fingerprint density at radius 3 is 2.63 bits per heavy atom. The Bertz CT molecular complexity index is 2140. The standard InChI is InChI=1S/C32H31N9O4S/c1-20-8-10-23(11-9-20)46(43,44)41-16-25(24-15-33-18-34-31(24)41)30-38-26(28-7-4-12-45-28)14-29(39-30)36-21-5-3-6-22(13-21)37-32(42)27-17-40(2)19-35-27/h4,7-12,14-19,21-22H,3,5-6,13H2,1-2H3,(H,37,42)(H,36,38,39). The van der Waals surface area contributed by atoms with Crippen LogP contribution in [0.25, 0.3) is 33.9 Å². The molecule has 2 atom stereocenters. The van der Waals surface area contributed by atoms with Gasteiger partial charge in [-0.2, -0.15) is 0 Å². The van der Waals surface area contributed by atoms with Gasteiger partial charge in [-0.25, -0.2) is 37.3 Å². The third-order valence-corrected chi connectivity index (χ3v) is 9.72. The van der Waals surface area contributed by atoms with Gasteiger partial charge in [0.05, 0.1) is 17.5 Å². The zero-order valence-electron chi connectivity index (χ0n) is 25.2. The Labute approximate surface area is 264 Å². The van der Waals surface area contributed by atoms with Crippen LogP contribution in [0.5, 0.6) is 0 Å². The van der Waals surface area contributed by atoms with Gasteiger partial charge >= 0.3 is 0 Å². The first-order valence-corrected chi connectivity index (χ1v) is 16.3. The van der Waals surface area contributed by atoms with E-state index in [0.29, 0.717) is 40.3 Å². The van der Waals surface area contributed by atoms with Crippen LogP contribution < -0.4 is 10.6 Å². The molecule has 1 aliphatic rings. The maximum absolute atomic E-state index is 13.8. The lowest BCUT2D eigenvalue weighted by molar-refractivity contribution is 0.0921. The minimum Gasteiger partial charge on any atom is -0.463 e. The highest BCUT2D eigenvalue weighted by Crippen LogP contribution is 2.33. The van der Waals surface area contributed by atoms with Gasteiger partial charge in [0, 0.05) is 54.7 Å². The summed E-state index contributed by atoms with van der Waals surface area (Å²) < 4.78 is 36.1. The predicted molar refractivity (Wildman–Crippen MR) is 170 cm³/mol. The zero-order valence-corrected chi connectivity index (χ0v) is 26.0. The number of carbonyl (C=O) groups is 1. The molecule has 7 rings (SSSR count). The lowest BCUT2D eigenvalue weighted by atomic mass is 9.91. The van der Waals surface area contributed by atoms with Gasteiger partial charge in [0.25, 0.3) is 15.9 Å². The van der Waals surface area contributed by atoms with Crippen molar-refractivity contribution in [2.24, 2.45) is 7.05 Å². The van der Waals surface area contributed by atoms with Gasteiger partial charge in [-0.1, -0.05) is 17.7 Å². The van der Waals surface area contributed by atoms with E-state index < -0.39 is 10.0 Å². The summed E-state index contributed by atoms with van der Waals surface area (Å²) in [6, 6.07) is 12.0. The first-order valence-electron chi connectivity index (χ1n) is 14.9. The highest BCUT2D eigenvalue weighted by atomic mass is 32.2. The fraction of sp³-hybridized carbons (Fsp3) is 0.250. The van der Waals surface area contributed by atoms with Gasteiger partial charge in [0.2, 0.25) is 0 Å². The van der Waals surface area contributed by atoms with Gasteiger partial charge < -0.3 is 19.6 Å². The molecule has 46 heavy (non-hydrogen) atoms. The molecule has 1 aromatic carbocycles. The third-order valence-electron chi connectivity index (χ3n) is 8.05. The van der Waals surface area contributed by atoms with Crippen molar-refractivity contribution in [2.75, 3.05) is 5.32 Å². The lowest BCUT2D eigenvalue weighted by Crippen LogP contribution is -2.42. The summed E-state index contributed by atoms with van der Waals surface area (Å²) in [6.45, 7) is 1.90. The van der Waals surface area contributed by atoms with Crippen LogP contribution in [0.2, 0.25) is 0 Å². The molecule has 5 aromatic heterocycles. The minimum atomic E-state index is -3.99. The number of fused-ring (bicyclic) bond motifs is 1. The Morgan fingerprint density at radius 2 is 1.87 bits per heavy atom. The average Bonchev–Trinajstić information content (AvgIpc) is 3.82. The van der Waals surface area contributed by atoms with Crippen molar-refractivity contribution in [3.8, 4) is 22.8 Å². The van der Waals surface area contributed by atoms with Crippen LogP contribution in [-0.4, -0.2) is 59.9 Å². The maximum atomic E-state index is 13.8. The first-order chi connectivity index (χ1) is 22.2. The summed E-state index contributed by atoms with van der Waals surface area (Å²) in [4.78, 5) is 35.2. The molecule has 0 spiro atoms. The summed E-state index contributed by atoms with van der Waals surface area (Å²) in [5.74, 6) is 1.15. The molecule has 2 N–H and O–H groups in total. The number of carbonyl (C=O) groups excluding carboxylic acids is 1. The average molecular weight is 638 g/mol. The smallest absolute Gasteiger partial charge is 0.271 e. The van der Waals surface area contributed by atoms with Crippen molar-refractivity contribution in [1.82, 2.24) is 38.8 Å². The number of rotatable bonds is 8. The minimum absolute atomic E-state index is 0.0153. The molecule has 5 heterocycles. The van der Waals surface area contributed by atoms with E-state index in [1.54, 1.807) is 72.0 Å². The zero-order chi connectivity index (χ0) is 31.8. The number of benzene rings is 1. The van der Waals surface area contributed by atoms with E-state index in [2.05, 4.69) is 25.6 Å². The third kappa shape index (κ3) is 5.74. The van der Waals surface area contributed by atoms with E-state index in [-0.39, 0.29) is 34.4 Å². The molecule has 6 aromatic rings. The molecule has 1 amide bonds. The van der Waals surface area contributed by atoms with E-state index in [4.69, 9.17) is 14.4 Å². The molecule has 1 fully saturated rings. The van der Waals surface area contributed by atoms with Gasteiger partial charge in [-0.15, -0.1) is 0 Å². The summed E-state index contributed by atoms with van der Waals surface area (Å²) in [7, 11) is -2.17. The van der Waals surface area contributed by atoms with Crippen LogP contribution in [-0.2, 0) is 17.1 Å². The molecule has 0 radical (unpaired) electrons. The predicted octanol–water partition coefficient (Wildman–Crippen LogP) is 4.58. The van der Waals surface area contributed by atoms with Gasteiger partial charge in [0.1, 0.15) is 23.5 Å². The molecule has 0 saturated heterocycles. The van der Waals surface area contributed by atoms with Crippen LogP contribution in [0.3, 0.4) is 0 Å². The van der Waals surface area contributed by atoms with Crippen LogP contribution in [0.1, 0.15) is 41.7 Å². The largest absolute Gasteiger partial charge is 0.463 e. The second kappa shape index (κ2) is 11.9. The van der Waals surface area contributed by atoms with Crippen molar-refractivity contribution in [3.05, 3.63) is 91.2 Å². The summed E-state index contributed by atoms with van der Waals surface area (Å²) in [5, 5.41) is 7.13. The van der Waals surface area contributed by atoms with Crippen molar-refractivity contribution in [3.63, 3.8) is 0 Å². The fourth-order valence-electron chi connectivity index (χ4n) is 5.76. The van der Waals surface area contributed by atoms with E-state index in [9.17, 15) is 13.2 Å². The number of amides is 1. The number of hydrogen-bond donors (Lipinski definition) is 2. The van der Waals surface area contributed by atoms with Crippen molar-refractivity contribution in [2.45, 2.75) is 49.6 Å². The topological polar surface area (TPSA) is 163 Å². The number of furan rings is 1. The van der Waals surface area contributed by atoms with Crippen LogP contribution >= 0.6 is 0 Å². The van der Waals surface area contributed by atoms with Crippen LogP contribution in [0.15, 0.2) is 89.3 Å². The monoisotopic (exact) mass is 637 g/mol. The number of aryl methyl sites for hydroxylation is 2. The van der Waals surface area contributed by atoms with Gasteiger partial charge in [-0.05, 0) is 56.9 Å². The SMILES string of the molecule is Cc1ccc(S(=O)(=O)n2cc(-c3nc(NC4CCCC(NC(=O)c5cn(C)cn5)C4)cc(-c4ccco4)n3)c3cncnc32)cc1. The molecule has 1 aliphatic carbocycles. The second-order valence-electron chi connectivity index (χ2n) is 11.5. The molecule has 0 aliphatic heterocycles. The highest BCUT2D eigenvalue weighted by Gasteiger charge is 2.27. The Balaban J connectivity index is 1.23. The van der Waals surface area contributed by atoms with E-state index in [0.717, 1.165) is 28.8 Å². The molecule has 1 saturated carbocycles. The summed E-state index contributed by atoms with van der Waals surface area (Å²) >= 11 is 0. The molecular formula is C32H31N9O4S. The number of nitrogens with zero attached hydrogens (tertiary/aromatic N) is 7. The number of imidazole rings is 1. The van der Waals surface area contributed by atoms with E-state index >= 15 is 0 Å². The number of hydrogen-bond acceptors (Lipinski definition) is 10. The first kappa shape index (κ1) is 29.3. The van der Waals surface area contributed by atoms with Crippen molar-refractivity contribution >= 4 is 32.8 Å². The number of aromatic nitrogens is 7. The maximum Gasteiger partial charge on any atom is 0.271 e. The molecule has 234 valence electrons. The van der Waals surface area contributed by atoms with Crippen molar-refractivity contribution in [1.29, 1.82) is 0 Å². The lowest BCUT2D eigenvalue weighted by Gasteiger charge is -2.30. The van der Waals surface area contributed by atoms with E-state index in [1.807, 2.05) is 14.0 Å². The second-order valence-corrected chi connectivity index (χ2v) is 13.3. The molecule has 0 bridgehead atoms. The molecular weight excluding hydrogens is 606 g/mol. The van der Waals surface area contributed by atoms with Crippen LogP contribution in [0.4, 0.5) is 5.82 Å². The van der Waals surface area contributed by atoms with Gasteiger partial charge in [-0.3, -0.25) is 4.79 Å². The normalized spacial score (nSPS) is 16.8. The Kier molecular flexibility index (Phi) is 7.56. The molecule has 2 unspecified atom stereocenters.